The van der Waals surface area contributed by atoms with Crippen molar-refractivity contribution in [1.29, 1.82) is 0 Å². The number of aromatic nitrogens is 2. The summed E-state index contributed by atoms with van der Waals surface area (Å²) in [6, 6.07) is 5.62. The number of fused-ring (bicyclic) bond motifs is 1. The lowest BCUT2D eigenvalue weighted by Crippen LogP contribution is -2.18. The molecular weight excluding hydrogens is 256 g/mol. The number of anilines is 1. The van der Waals surface area contributed by atoms with Gasteiger partial charge < -0.3 is 4.90 Å². The van der Waals surface area contributed by atoms with Crippen LogP contribution in [-0.4, -0.2) is 14.9 Å². The average molecular weight is 270 g/mol. The molecule has 0 radical (unpaired) electrons. The van der Waals surface area contributed by atoms with E-state index in [4.69, 9.17) is 0 Å². The summed E-state index contributed by atoms with van der Waals surface area (Å²) >= 11 is 0. The average Bonchev–Trinajstić information content (AvgIpc) is 2.80. The maximum absolute atomic E-state index is 11.3. The minimum Gasteiger partial charge on any atom is -0.341 e. The predicted octanol–water partition coefficient (Wildman–Crippen LogP) is 2.52. The largest absolute Gasteiger partial charge is 0.341 e. The molecule has 3 rings (SSSR count). The van der Waals surface area contributed by atoms with Crippen LogP contribution < -0.4 is 4.90 Å². The van der Waals surface area contributed by atoms with E-state index < -0.39 is 0 Å². The van der Waals surface area contributed by atoms with Crippen molar-refractivity contribution >= 4 is 11.5 Å². The van der Waals surface area contributed by atoms with E-state index >= 15 is 0 Å². The molecule has 0 N–H and O–H groups in total. The standard InChI is InChI=1S/C14H14N4O2/c1-9-6-10(2)16-14(13(9)18(19)20)17-7-11-4-3-5-15-12(11)8-17/h3-6H,7-8H2,1-2H3. The third kappa shape index (κ3) is 1.99. The maximum Gasteiger partial charge on any atom is 0.314 e. The first kappa shape index (κ1) is 12.5. The van der Waals surface area contributed by atoms with Crippen molar-refractivity contribution in [2.45, 2.75) is 26.9 Å². The third-order valence-corrected chi connectivity index (χ3v) is 3.46. The molecule has 0 aromatic carbocycles. The van der Waals surface area contributed by atoms with Gasteiger partial charge in [-0.15, -0.1) is 0 Å². The first-order chi connectivity index (χ1) is 9.56. The fourth-order valence-electron chi connectivity index (χ4n) is 2.61. The Balaban J connectivity index is 2.06. The normalized spacial score (nSPS) is 13.4. The molecule has 1 aliphatic rings. The molecule has 0 amide bonds. The molecule has 0 fully saturated rings. The lowest BCUT2D eigenvalue weighted by Gasteiger charge is -2.17. The van der Waals surface area contributed by atoms with Crippen molar-refractivity contribution in [3.63, 3.8) is 0 Å². The number of aryl methyl sites for hydroxylation is 2. The molecule has 1 aliphatic heterocycles. The summed E-state index contributed by atoms with van der Waals surface area (Å²) in [6.45, 7) is 4.77. The number of nitro groups is 1. The van der Waals surface area contributed by atoms with E-state index in [1.54, 1.807) is 19.2 Å². The van der Waals surface area contributed by atoms with Crippen molar-refractivity contribution in [2.24, 2.45) is 0 Å². The summed E-state index contributed by atoms with van der Waals surface area (Å²) < 4.78 is 0. The third-order valence-electron chi connectivity index (χ3n) is 3.46. The number of nitrogens with zero attached hydrogens (tertiary/aromatic N) is 4. The zero-order valence-corrected chi connectivity index (χ0v) is 11.3. The van der Waals surface area contributed by atoms with Gasteiger partial charge in [0.2, 0.25) is 5.82 Å². The van der Waals surface area contributed by atoms with Crippen LogP contribution in [0.15, 0.2) is 24.4 Å². The highest BCUT2D eigenvalue weighted by Crippen LogP contribution is 2.34. The Kier molecular flexibility index (Phi) is 2.85. The Labute approximate surface area is 116 Å². The highest BCUT2D eigenvalue weighted by Gasteiger charge is 2.29. The van der Waals surface area contributed by atoms with Crippen molar-refractivity contribution < 1.29 is 4.92 Å². The zero-order chi connectivity index (χ0) is 14.3. The van der Waals surface area contributed by atoms with Gasteiger partial charge in [0.25, 0.3) is 0 Å². The molecule has 0 spiro atoms. The first-order valence-corrected chi connectivity index (χ1v) is 6.36. The SMILES string of the molecule is Cc1cc(C)c([N+](=O)[O-])c(N2Cc3cccnc3C2)n1. The molecule has 0 atom stereocenters. The van der Waals surface area contributed by atoms with Gasteiger partial charge in [-0.05, 0) is 31.5 Å². The van der Waals surface area contributed by atoms with Gasteiger partial charge in [0.15, 0.2) is 0 Å². The second-order valence-electron chi connectivity index (χ2n) is 4.98. The van der Waals surface area contributed by atoms with Crippen molar-refractivity contribution in [3.05, 3.63) is 57.0 Å². The van der Waals surface area contributed by atoms with E-state index in [-0.39, 0.29) is 10.6 Å². The van der Waals surface area contributed by atoms with Crippen molar-refractivity contribution in [3.8, 4) is 0 Å². The van der Waals surface area contributed by atoms with Gasteiger partial charge in [0.1, 0.15) is 0 Å². The van der Waals surface area contributed by atoms with Gasteiger partial charge in [-0.25, -0.2) is 4.98 Å². The van der Waals surface area contributed by atoms with Crippen LogP contribution in [0, 0.1) is 24.0 Å². The van der Waals surface area contributed by atoms with Gasteiger partial charge in [-0.2, -0.15) is 0 Å². The van der Waals surface area contributed by atoms with E-state index in [0.717, 1.165) is 17.0 Å². The zero-order valence-electron chi connectivity index (χ0n) is 11.3. The molecule has 2 aromatic rings. The van der Waals surface area contributed by atoms with Crippen LogP contribution in [0.25, 0.3) is 0 Å². The monoisotopic (exact) mass is 270 g/mol. The highest BCUT2D eigenvalue weighted by atomic mass is 16.6. The van der Waals surface area contributed by atoms with Crippen LogP contribution in [0.2, 0.25) is 0 Å². The van der Waals surface area contributed by atoms with E-state index in [2.05, 4.69) is 9.97 Å². The summed E-state index contributed by atoms with van der Waals surface area (Å²) in [5.41, 5.74) is 3.57. The molecule has 0 bridgehead atoms. The molecule has 6 nitrogen and oxygen atoms in total. The molecule has 0 saturated carbocycles. The molecular formula is C14H14N4O2. The Morgan fingerprint density at radius 3 is 2.85 bits per heavy atom. The Morgan fingerprint density at radius 2 is 2.15 bits per heavy atom. The molecule has 0 saturated heterocycles. The summed E-state index contributed by atoms with van der Waals surface area (Å²) in [7, 11) is 0. The van der Waals surface area contributed by atoms with Crippen LogP contribution in [0.4, 0.5) is 11.5 Å². The molecule has 3 heterocycles. The number of hydrogen-bond acceptors (Lipinski definition) is 5. The molecule has 6 heteroatoms. The lowest BCUT2D eigenvalue weighted by molar-refractivity contribution is -0.384. The lowest BCUT2D eigenvalue weighted by atomic mass is 10.2. The van der Waals surface area contributed by atoms with E-state index in [9.17, 15) is 10.1 Å². The fourth-order valence-corrected chi connectivity index (χ4v) is 2.61. The van der Waals surface area contributed by atoms with Crippen LogP contribution >= 0.6 is 0 Å². The molecule has 0 aliphatic carbocycles. The first-order valence-electron chi connectivity index (χ1n) is 6.36. The molecule has 20 heavy (non-hydrogen) atoms. The van der Waals surface area contributed by atoms with Crippen LogP contribution in [0.1, 0.15) is 22.5 Å². The second-order valence-corrected chi connectivity index (χ2v) is 4.98. The fraction of sp³-hybridized carbons (Fsp3) is 0.286. The van der Waals surface area contributed by atoms with Crippen molar-refractivity contribution in [2.75, 3.05) is 4.90 Å². The smallest absolute Gasteiger partial charge is 0.314 e. The Hall–Kier alpha value is -2.50. The van der Waals surface area contributed by atoms with Gasteiger partial charge in [0, 0.05) is 24.0 Å². The number of rotatable bonds is 2. The van der Waals surface area contributed by atoms with Crippen LogP contribution in [0.3, 0.4) is 0 Å². The van der Waals surface area contributed by atoms with Crippen molar-refractivity contribution in [1.82, 2.24) is 9.97 Å². The molecule has 0 unspecified atom stereocenters. The summed E-state index contributed by atoms with van der Waals surface area (Å²) in [5, 5.41) is 11.3. The van der Waals surface area contributed by atoms with E-state index in [0.29, 0.717) is 24.5 Å². The second kappa shape index (κ2) is 4.56. The predicted molar refractivity (Wildman–Crippen MR) is 74.5 cm³/mol. The minimum absolute atomic E-state index is 0.0865. The quantitative estimate of drug-likeness (QED) is 0.619. The van der Waals surface area contributed by atoms with Gasteiger partial charge in [0.05, 0.1) is 17.2 Å². The Morgan fingerprint density at radius 1 is 1.35 bits per heavy atom. The number of pyridine rings is 2. The van der Waals surface area contributed by atoms with E-state index in [1.165, 1.54) is 0 Å². The maximum atomic E-state index is 11.3. The van der Waals surface area contributed by atoms with E-state index in [1.807, 2.05) is 24.0 Å². The van der Waals surface area contributed by atoms with Gasteiger partial charge in [-0.3, -0.25) is 15.1 Å². The summed E-state index contributed by atoms with van der Waals surface area (Å²) in [4.78, 5) is 21.6. The Bertz CT molecular complexity index is 675. The molecule has 102 valence electrons. The topological polar surface area (TPSA) is 72.2 Å². The summed E-state index contributed by atoms with van der Waals surface area (Å²) in [5.74, 6) is 0.436. The van der Waals surface area contributed by atoms with Crippen LogP contribution in [-0.2, 0) is 13.1 Å². The molecule has 2 aromatic heterocycles. The van der Waals surface area contributed by atoms with Gasteiger partial charge in [-0.1, -0.05) is 6.07 Å². The summed E-state index contributed by atoms with van der Waals surface area (Å²) in [6.07, 6.45) is 1.74. The van der Waals surface area contributed by atoms with Crippen LogP contribution in [0.5, 0.6) is 0 Å². The highest BCUT2D eigenvalue weighted by molar-refractivity contribution is 5.63. The number of hydrogen-bond donors (Lipinski definition) is 0. The van der Waals surface area contributed by atoms with Gasteiger partial charge >= 0.3 is 5.69 Å². The minimum atomic E-state index is -0.354.